The molecule has 1 aliphatic carbocycles. The average Bonchev–Trinajstić information content (AvgIpc) is 3.21. The molecule has 0 N–H and O–H groups in total. The number of nitrogens with zero attached hydrogens (tertiary/aromatic N) is 1. The van der Waals surface area contributed by atoms with Crippen LogP contribution in [0.2, 0.25) is 0 Å². The normalized spacial score (nSPS) is 28.8. The fourth-order valence-electron chi connectivity index (χ4n) is 5.69. The fourth-order valence-corrected chi connectivity index (χ4v) is 5.69. The van der Waals surface area contributed by atoms with Crippen LogP contribution in [0.5, 0.6) is 5.95 Å². The number of methoxy groups -OCH3 is 1. The Bertz CT molecular complexity index is 1310. The Morgan fingerprint density at radius 2 is 1.71 bits per heavy atom. The topological polar surface area (TPSA) is 91.8 Å². The summed E-state index contributed by atoms with van der Waals surface area (Å²) in [5.41, 5.74) is 4.83. The Balaban J connectivity index is 1.84. The lowest BCUT2D eigenvalue weighted by atomic mass is 9.65. The van der Waals surface area contributed by atoms with Gasteiger partial charge in [0, 0.05) is 29.0 Å². The average molecular weight is 478 g/mol. The minimum absolute atomic E-state index is 0.0581. The lowest BCUT2D eigenvalue weighted by Crippen LogP contribution is -2.29. The highest BCUT2D eigenvalue weighted by atomic mass is 16.6. The molecule has 35 heavy (non-hydrogen) atoms. The summed E-state index contributed by atoms with van der Waals surface area (Å²) in [5, 5.41) is 11.2. The van der Waals surface area contributed by atoms with Crippen molar-refractivity contribution in [3.63, 3.8) is 0 Å². The van der Waals surface area contributed by atoms with Crippen molar-refractivity contribution in [2.24, 2.45) is 5.41 Å². The van der Waals surface area contributed by atoms with Gasteiger partial charge in [0.25, 0.3) is 11.6 Å². The Morgan fingerprint density at radius 1 is 1.03 bits per heavy atom. The van der Waals surface area contributed by atoms with Crippen LogP contribution in [0.15, 0.2) is 68.4 Å². The molecule has 2 aromatic rings. The maximum atomic E-state index is 12.8. The first-order chi connectivity index (χ1) is 16.6. The van der Waals surface area contributed by atoms with Crippen molar-refractivity contribution in [2.45, 2.75) is 53.1 Å². The van der Waals surface area contributed by atoms with Crippen molar-refractivity contribution in [1.29, 1.82) is 0 Å². The Morgan fingerprint density at radius 3 is 2.34 bits per heavy atom. The third-order valence-corrected chi connectivity index (χ3v) is 7.05. The van der Waals surface area contributed by atoms with Gasteiger partial charge in [0.05, 0.1) is 24.2 Å². The molecule has 1 saturated heterocycles. The molecule has 3 atom stereocenters. The maximum absolute atomic E-state index is 12.8. The molecule has 184 valence electrons. The van der Waals surface area contributed by atoms with Gasteiger partial charge >= 0.3 is 0 Å². The van der Waals surface area contributed by atoms with Crippen molar-refractivity contribution >= 4 is 5.69 Å². The maximum Gasteiger partial charge on any atom is 0.291 e. The van der Waals surface area contributed by atoms with Gasteiger partial charge in [0.15, 0.2) is 5.43 Å². The first-order valence-electron chi connectivity index (χ1n) is 11.7. The molecule has 1 aromatic heterocycles. The number of nitro groups is 1. The van der Waals surface area contributed by atoms with E-state index in [0.717, 1.165) is 22.3 Å². The monoisotopic (exact) mass is 477 g/mol. The summed E-state index contributed by atoms with van der Waals surface area (Å²) in [6.07, 6.45) is 6.71. The molecule has 0 amide bonds. The largest absolute Gasteiger partial charge is 0.468 e. The number of nitro benzene ring substituents is 1. The summed E-state index contributed by atoms with van der Waals surface area (Å²) in [6, 6.07) is 6.77. The van der Waals surface area contributed by atoms with E-state index in [1.807, 2.05) is 12.1 Å². The van der Waals surface area contributed by atoms with Gasteiger partial charge in [-0.25, -0.2) is 0 Å². The lowest BCUT2D eigenvalue weighted by Gasteiger charge is -2.37. The van der Waals surface area contributed by atoms with Gasteiger partial charge in [0.2, 0.25) is 0 Å². The molecular formula is C28H31NO6. The minimum Gasteiger partial charge on any atom is -0.468 e. The van der Waals surface area contributed by atoms with Crippen LogP contribution < -0.4 is 10.2 Å². The first-order valence-corrected chi connectivity index (χ1v) is 11.7. The van der Waals surface area contributed by atoms with Gasteiger partial charge in [0.1, 0.15) is 11.9 Å². The van der Waals surface area contributed by atoms with Gasteiger partial charge in [-0.15, -0.1) is 0 Å². The number of ether oxygens (including phenoxy) is 2. The third kappa shape index (κ3) is 4.48. The highest BCUT2D eigenvalue weighted by Crippen LogP contribution is 2.55. The second-order valence-corrected chi connectivity index (χ2v) is 9.72. The van der Waals surface area contributed by atoms with E-state index in [2.05, 4.69) is 39.0 Å². The molecule has 1 spiro atoms. The molecule has 7 nitrogen and oxygen atoms in total. The molecule has 0 radical (unpaired) electrons. The quantitative estimate of drug-likeness (QED) is 0.381. The van der Waals surface area contributed by atoms with Crippen LogP contribution in [0.4, 0.5) is 5.69 Å². The van der Waals surface area contributed by atoms with E-state index in [9.17, 15) is 14.9 Å². The zero-order chi connectivity index (χ0) is 25.5. The number of benzene rings is 1. The van der Waals surface area contributed by atoms with E-state index >= 15 is 0 Å². The lowest BCUT2D eigenvalue weighted by molar-refractivity contribution is -0.384. The summed E-state index contributed by atoms with van der Waals surface area (Å²) in [6.45, 7) is 10.1. The van der Waals surface area contributed by atoms with Crippen molar-refractivity contribution in [1.82, 2.24) is 0 Å². The van der Waals surface area contributed by atoms with Gasteiger partial charge in [-0.3, -0.25) is 14.9 Å². The van der Waals surface area contributed by atoms with Crippen LogP contribution in [-0.4, -0.2) is 18.6 Å². The highest BCUT2D eigenvalue weighted by molar-refractivity contribution is 5.45. The SMILES string of the molecule is COc1oc([C@H]2C[C@@]3(\C=C(C)/C=C(C)\C=C(\C)[C@H]3c3ccc([N+](=O)[O-])cc3)CO2)c(C)c(=O)c1C. The summed E-state index contributed by atoms with van der Waals surface area (Å²) < 4.78 is 17.7. The van der Waals surface area contributed by atoms with Crippen LogP contribution in [-0.2, 0) is 4.74 Å². The van der Waals surface area contributed by atoms with E-state index in [1.165, 1.54) is 7.11 Å². The molecule has 1 aromatic carbocycles. The summed E-state index contributed by atoms with van der Waals surface area (Å²) in [5.74, 6) is 0.607. The van der Waals surface area contributed by atoms with Crippen molar-refractivity contribution < 1.29 is 18.8 Å². The van der Waals surface area contributed by atoms with Gasteiger partial charge < -0.3 is 13.9 Å². The van der Waals surface area contributed by atoms with Gasteiger partial charge in [-0.1, -0.05) is 47.1 Å². The molecule has 4 rings (SSSR count). The number of hydrogen-bond donors (Lipinski definition) is 0. The number of non-ortho nitro benzene ring substituents is 1. The van der Waals surface area contributed by atoms with Crippen molar-refractivity contribution in [2.75, 3.05) is 13.7 Å². The second-order valence-electron chi connectivity index (χ2n) is 9.72. The highest BCUT2D eigenvalue weighted by Gasteiger charge is 2.48. The zero-order valence-corrected chi connectivity index (χ0v) is 21.0. The van der Waals surface area contributed by atoms with Crippen LogP contribution in [0.3, 0.4) is 0 Å². The molecule has 1 aliphatic heterocycles. The van der Waals surface area contributed by atoms with E-state index in [4.69, 9.17) is 13.9 Å². The minimum atomic E-state index is -0.439. The number of hydrogen-bond acceptors (Lipinski definition) is 6. The smallest absolute Gasteiger partial charge is 0.291 e. The molecule has 7 heteroatoms. The molecule has 2 aliphatic rings. The van der Waals surface area contributed by atoms with E-state index in [-0.39, 0.29) is 27.9 Å². The summed E-state index contributed by atoms with van der Waals surface area (Å²) >= 11 is 0. The van der Waals surface area contributed by atoms with Crippen LogP contribution in [0, 0.1) is 29.4 Å². The van der Waals surface area contributed by atoms with E-state index in [1.54, 1.807) is 26.0 Å². The molecule has 0 saturated carbocycles. The third-order valence-electron chi connectivity index (χ3n) is 7.05. The van der Waals surface area contributed by atoms with Crippen LogP contribution in [0.25, 0.3) is 0 Å². The Hall–Kier alpha value is -3.45. The van der Waals surface area contributed by atoms with Crippen LogP contribution >= 0.6 is 0 Å². The fraction of sp³-hybridized carbons (Fsp3) is 0.393. The number of allylic oxidation sites excluding steroid dienone is 5. The molecule has 0 bridgehead atoms. The summed E-state index contributed by atoms with van der Waals surface area (Å²) in [7, 11) is 1.48. The molecular weight excluding hydrogens is 446 g/mol. The predicted molar refractivity (Wildman–Crippen MR) is 134 cm³/mol. The van der Waals surface area contributed by atoms with E-state index in [0.29, 0.717) is 29.9 Å². The predicted octanol–water partition coefficient (Wildman–Crippen LogP) is 6.26. The molecule has 1 fully saturated rings. The standard InChI is InChI=1S/C28H31NO6/c1-16-11-17(2)13-28(24(18(3)12-16)21-7-9-22(10-8-21)29(31)32)14-23(34-15-28)26-19(4)25(30)20(5)27(33-6)35-26/h7-13,23-24H,14-15H2,1-6H3/b16-11-,17-13-,18-12-/t23-,24+,28+/m1/s1. The van der Waals surface area contributed by atoms with Crippen molar-refractivity contribution in [3.8, 4) is 5.95 Å². The first kappa shape index (κ1) is 24.7. The zero-order valence-electron chi connectivity index (χ0n) is 21.0. The van der Waals surface area contributed by atoms with Crippen molar-refractivity contribution in [3.05, 3.63) is 102 Å². The molecule has 2 heterocycles. The Kier molecular flexibility index (Phi) is 6.56. The van der Waals surface area contributed by atoms with E-state index < -0.39 is 11.5 Å². The second kappa shape index (κ2) is 9.30. The van der Waals surface area contributed by atoms with Crippen LogP contribution in [0.1, 0.15) is 61.7 Å². The van der Waals surface area contributed by atoms with Gasteiger partial charge in [-0.05, 0) is 46.6 Å². The van der Waals surface area contributed by atoms with Gasteiger partial charge in [-0.2, -0.15) is 0 Å². The number of rotatable bonds is 4. The Labute approximate surface area is 204 Å². The summed E-state index contributed by atoms with van der Waals surface area (Å²) in [4.78, 5) is 23.7. The molecule has 0 unspecified atom stereocenters.